The number of nitrogen functional groups attached to an aromatic ring is 1. The molecule has 18 heavy (non-hydrogen) atoms. The molecule has 6 nitrogen and oxygen atoms in total. The molecule has 2 rings (SSSR count). The third-order valence-electron chi connectivity index (χ3n) is 3.02. The molecule has 0 bridgehead atoms. The smallest absolute Gasteiger partial charge is 0.311 e. The molecule has 1 atom stereocenters. The summed E-state index contributed by atoms with van der Waals surface area (Å²) >= 11 is 1.89. The molecule has 1 aliphatic heterocycles. The minimum Gasteiger partial charge on any atom is -0.384 e. The maximum Gasteiger partial charge on any atom is 0.311 e. The highest BCUT2D eigenvalue weighted by atomic mass is 32.2. The minimum atomic E-state index is -0.446. The Hall–Kier alpha value is -1.50. The summed E-state index contributed by atoms with van der Waals surface area (Å²) < 4.78 is 0.125. The lowest BCUT2D eigenvalue weighted by molar-refractivity contribution is -0.384. The lowest BCUT2D eigenvalue weighted by Gasteiger charge is -2.23. The highest BCUT2D eigenvalue weighted by Crippen LogP contribution is 2.38. The number of rotatable bonds is 4. The van der Waals surface area contributed by atoms with Gasteiger partial charge in [0.15, 0.2) is 0 Å². The van der Waals surface area contributed by atoms with Gasteiger partial charge in [-0.1, -0.05) is 0 Å². The van der Waals surface area contributed by atoms with E-state index in [1.54, 1.807) is 0 Å². The number of hydrogen-bond acceptors (Lipinski definition) is 6. The molecule has 0 amide bonds. The van der Waals surface area contributed by atoms with Crippen LogP contribution in [0, 0.1) is 10.1 Å². The van der Waals surface area contributed by atoms with Gasteiger partial charge >= 0.3 is 5.69 Å². The first kappa shape index (κ1) is 12.9. The molecule has 1 unspecified atom stereocenters. The molecule has 3 N–H and O–H groups in total. The van der Waals surface area contributed by atoms with Crippen LogP contribution < -0.4 is 11.1 Å². The Morgan fingerprint density at radius 1 is 1.67 bits per heavy atom. The second kappa shape index (κ2) is 5.01. The van der Waals surface area contributed by atoms with E-state index in [0.29, 0.717) is 6.54 Å². The first-order chi connectivity index (χ1) is 8.50. The first-order valence-electron chi connectivity index (χ1n) is 5.79. The number of thioether (sulfide) groups is 1. The van der Waals surface area contributed by atoms with Gasteiger partial charge in [-0.05, 0) is 31.6 Å². The molecular weight excluding hydrogens is 252 g/mol. The van der Waals surface area contributed by atoms with E-state index in [1.165, 1.54) is 18.6 Å². The number of nitrogens with zero attached hydrogens (tertiary/aromatic N) is 2. The summed E-state index contributed by atoms with van der Waals surface area (Å²) in [5.41, 5.74) is 5.53. The quantitative estimate of drug-likeness (QED) is 0.642. The number of nitrogens with one attached hydrogen (secondary N) is 1. The van der Waals surface area contributed by atoms with Gasteiger partial charge < -0.3 is 11.1 Å². The van der Waals surface area contributed by atoms with Crippen molar-refractivity contribution in [3.63, 3.8) is 0 Å². The molecule has 1 saturated heterocycles. The monoisotopic (exact) mass is 268 g/mol. The van der Waals surface area contributed by atoms with Gasteiger partial charge in [0.25, 0.3) is 0 Å². The molecule has 0 aliphatic carbocycles. The largest absolute Gasteiger partial charge is 0.384 e. The third-order valence-corrected chi connectivity index (χ3v) is 4.56. The van der Waals surface area contributed by atoms with Crippen molar-refractivity contribution in [3.8, 4) is 0 Å². The van der Waals surface area contributed by atoms with Crippen molar-refractivity contribution in [1.82, 2.24) is 4.98 Å². The predicted octanol–water partition coefficient (Wildman–Crippen LogP) is 2.27. The summed E-state index contributed by atoms with van der Waals surface area (Å²) in [6.45, 7) is 2.82. The number of pyridine rings is 1. The van der Waals surface area contributed by atoms with E-state index in [0.717, 1.165) is 12.2 Å². The Labute approximate surface area is 110 Å². The normalized spacial score (nSPS) is 22.9. The van der Waals surface area contributed by atoms with Crippen LogP contribution in [0.15, 0.2) is 12.1 Å². The minimum absolute atomic E-state index is 0.0317. The van der Waals surface area contributed by atoms with Gasteiger partial charge in [0.1, 0.15) is 5.82 Å². The summed E-state index contributed by atoms with van der Waals surface area (Å²) in [6, 6.07) is 2.82. The summed E-state index contributed by atoms with van der Waals surface area (Å²) in [7, 11) is 0. The van der Waals surface area contributed by atoms with Gasteiger partial charge in [-0.15, -0.1) is 0 Å². The zero-order valence-electron chi connectivity index (χ0n) is 10.2. The van der Waals surface area contributed by atoms with Crippen LogP contribution in [0.3, 0.4) is 0 Å². The van der Waals surface area contributed by atoms with Crippen molar-refractivity contribution in [1.29, 1.82) is 0 Å². The highest BCUT2D eigenvalue weighted by Gasteiger charge is 2.30. The summed E-state index contributed by atoms with van der Waals surface area (Å²) in [5.74, 6) is 1.69. The molecule has 0 saturated carbocycles. The van der Waals surface area contributed by atoms with Crippen molar-refractivity contribution in [2.45, 2.75) is 24.5 Å². The summed E-state index contributed by atoms with van der Waals surface area (Å²) in [5, 5.41) is 14.0. The van der Waals surface area contributed by atoms with Crippen LogP contribution >= 0.6 is 11.8 Å². The van der Waals surface area contributed by atoms with Crippen molar-refractivity contribution in [2.75, 3.05) is 23.3 Å². The molecule has 2 heterocycles. The number of aromatic nitrogens is 1. The molecule has 0 radical (unpaired) electrons. The van der Waals surface area contributed by atoms with E-state index in [1.807, 2.05) is 11.8 Å². The highest BCUT2D eigenvalue weighted by molar-refractivity contribution is 8.00. The van der Waals surface area contributed by atoms with Crippen LogP contribution in [-0.2, 0) is 0 Å². The number of nitrogens with two attached hydrogens (primary N) is 1. The second-order valence-corrected chi connectivity index (χ2v) is 6.30. The van der Waals surface area contributed by atoms with Crippen LogP contribution in [0.25, 0.3) is 0 Å². The lowest BCUT2D eigenvalue weighted by atomic mass is 10.1. The van der Waals surface area contributed by atoms with E-state index in [9.17, 15) is 10.1 Å². The fraction of sp³-hybridized carbons (Fsp3) is 0.545. The summed E-state index contributed by atoms with van der Waals surface area (Å²) in [6.07, 6.45) is 2.30. The van der Waals surface area contributed by atoms with E-state index >= 15 is 0 Å². The maximum absolute atomic E-state index is 10.9. The molecule has 98 valence electrons. The molecule has 0 spiro atoms. The maximum atomic E-state index is 10.9. The third kappa shape index (κ3) is 2.84. The molecule has 1 aliphatic rings. The number of nitro groups is 1. The topological polar surface area (TPSA) is 94.1 Å². The lowest BCUT2D eigenvalue weighted by Crippen LogP contribution is -2.27. The predicted molar refractivity (Wildman–Crippen MR) is 73.9 cm³/mol. The fourth-order valence-electron chi connectivity index (χ4n) is 1.99. The van der Waals surface area contributed by atoms with Gasteiger partial charge in [0, 0.05) is 17.4 Å². The van der Waals surface area contributed by atoms with Crippen molar-refractivity contribution < 1.29 is 4.92 Å². The van der Waals surface area contributed by atoms with Gasteiger partial charge in [-0.3, -0.25) is 10.1 Å². The van der Waals surface area contributed by atoms with Gasteiger partial charge in [0.05, 0.1) is 4.92 Å². The second-order valence-electron chi connectivity index (χ2n) is 4.62. The Morgan fingerprint density at radius 2 is 2.44 bits per heavy atom. The number of anilines is 2. The molecule has 0 aromatic carbocycles. The fourth-order valence-corrected chi connectivity index (χ4v) is 3.24. The van der Waals surface area contributed by atoms with Crippen LogP contribution in [0.2, 0.25) is 0 Å². The zero-order chi connectivity index (χ0) is 13.2. The van der Waals surface area contributed by atoms with Gasteiger partial charge in [-0.25, -0.2) is 4.98 Å². The van der Waals surface area contributed by atoms with Crippen LogP contribution in [0.4, 0.5) is 17.3 Å². The summed E-state index contributed by atoms with van der Waals surface area (Å²) in [4.78, 5) is 14.4. The van der Waals surface area contributed by atoms with Crippen LogP contribution in [0.1, 0.15) is 19.8 Å². The molecule has 1 aromatic rings. The average molecular weight is 268 g/mol. The van der Waals surface area contributed by atoms with E-state index < -0.39 is 4.92 Å². The van der Waals surface area contributed by atoms with Crippen molar-refractivity contribution in [2.24, 2.45) is 0 Å². The molecule has 7 heteroatoms. The van der Waals surface area contributed by atoms with Gasteiger partial charge in [-0.2, -0.15) is 11.8 Å². The molecule has 1 fully saturated rings. The van der Waals surface area contributed by atoms with Crippen molar-refractivity contribution in [3.05, 3.63) is 22.2 Å². The van der Waals surface area contributed by atoms with Crippen molar-refractivity contribution >= 4 is 29.1 Å². The standard InChI is InChI=1S/C11H16N4O2S/c1-11(5-2-6-18-11)7-13-10-8(15(16)17)3-4-9(12)14-10/h3-4H,2,5-7H2,1H3,(H3,12,13,14). The van der Waals surface area contributed by atoms with E-state index in [2.05, 4.69) is 17.2 Å². The Balaban J connectivity index is 2.12. The molecular formula is C11H16N4O2S. The average Bonchev–Trinajstić information content (AvgIpc) is 2.74. The Morgan fingerprint density at radius 3 is 3.06 bits per heavy atom. The van der Waals surface area contributed by atoms with Gasteiger partial charge in [0.2, 0.25) is 5.82 Å². The first-order valence-corrected chi connectivity index (χ1v) is 6.77. The van der Waals surface area contributed by atoms with Crippen LogP contribution in [0.5, 0.6) is 0 Å². The van der Waals surface area contributed by atoms with Crippen LogP contribution in [-0.4, -0.2) is 27.0 Å². The Bertz CT molecular complexity index is 460. The molecule has 1 aromatic heterocycles. The SMILES string of the molecule is CC1(CNc2nc(N)ccc2[N+](=O)[O-])CCCS1. The zero-order valence-corrected chi connectivity index (χ0v) is 11.0. The van der Waals surface area contributed by atoms with E-state index in [-0.39, 0.29) is 22.1 Å². The Kier molecular flexibility index (Phi) is 3.60. The van der Waals surface area contributed by atoms with E-state index in [4.69, 9.17) is 5.73 Å². The number of hydrogen-bond donors (Lipinski definition) is 2.